The van der Waals surface area contributed by atoms with Crippen LogP contribution in [0.4, 0.5) is 0 Å². The highest BCUT2D eigenvalue weighted by Crippen LogP contribution is 2.00. The summed E-state index contributed by atoms with van der Waals surface area (Å²) in [6.07, 6.45) is 2.54. The monoisotopic (exact) mass is 441 g/mol. The topological polar surface area (TPSA) is 243 Å². The minimum absolute atomic E-state index is 0.156. The summed E-state index contributed by atoms with van der Waals surface area (Å²) in [7, 11) is 0. The van der Waals surface area contributed by atoms with E-state index in [2.05, 4.69) is 25.9 Å². The second kappa shape index (κ2) is 12.2. The van der Waals surface area contributed by atoms with Crippen molar-refractivity contribution in [3.63, 3.8) is 0 Å². The lowest BCUT2D eigenvalue weighted by Gasteiger charge is -2.22. The number of nitrogens with one attached hydrogen (secondary N) is 4. The number of carbonyl (C=O) groups is 5. The lowest BCUT2D eigenvalue weighted by Crippen LogP contribution is -2.57. The maximum absolute atomic E-state index is 12.3. The maximum atomic E-state index is 12.3. The molecule has 172 valence electrons. The van der Waals surface area contributed by atoms with Gasteiger partial charge in [0.15, 0.2) is 0 Å². The average Bonchev–Trinajstić information content (AvgIpc) is 3.21. The number of aromatic amines is 1. The molecule has 0 aliphatic carbocycles. The first-order chi connectivity index (χ1) is 14.5. The summed E-state index contributed by atoms with van der Waals surface area (Å²) in [5, 5.41) is 25.2. The van der Waals surface area contributed by atoms with Crippen LogP contribution >= 0.6 is 0 Å². The van der Waals surface area contributed by atoms with Crippen LogP contribution in [0.1, 0.15) is 25.5 Å². The Labute approximate surface area is 177 Å². The van der Waals surface area contributed by atoms with Crippen LogP contribution in [0.5, 0.6) is 0 Å². The molecular formula is C17H27N7O7. The van der Waals surface area contributed by atoms with E-state index in [4.69, 9.17) is 16.6 Å². The Bertz CT molecular complexity index is 784. The van der Waals surface area contributed by atoms with Crippen molar-refractivity contribution in [1.82, 2.24) is 25.9 Å². The fourth-order valence-electron chi connectivity index (χ4n) is 2.42. The normalized spacial score (nSPS) is 14.5. The number of aromatic nitrogens is 2. The number of carboxylic acids is 1. The van der Waals surface area contributed by atoms with Crippen molar-refractivity contribution in [2.45, 2.75) is 50.4 Å². The van der Waals surface area contributed by atoms with E-state index < -0.39 is 60.4 Å². The number of carboxylic acid groups (broad SMARTS) is 1. The molecule has 4 unspecified atom stereocenters. The summed E-state index contributed by atoms with van der Waals surface area (Å²) in [6.45, 7) is 0.509. The Morgan fingerprint density at radius 3 is 2.26 bits per heavy atom. The molecule has 10 N–H and O–H groups in total. The standard InChI is InChI=1S/C17H27N7O7/c1-8(22-15(28)10(18)4-9-5-20-7-21-9)14(27)24-12(6-25)16(29)23-11(17(30)31)2-3-13(19)26/h5,7-8,10-12,25H,2-4,6,18H2,1H3,(H2,19,26)(H,20,21)(H,22,28)(H,23,29)(H,24,27)(H,30,31). The lowest BCUT2D eigenvalue weighted by molar-refractivity contribution is -0.143. The molecule has 31 heavy (non-hydrogen) atoms. The summed E-state index contributed by atoms with van der Waals surface area (Å²) in [6, 6.07) is -4.99. The number of hydrogen-bond acceptors (Lipinski definition) is 8. The van der Waals surface area contributed by atoms with Crippen LogP contribution in [0.25, 0.3) is 0 Å². The number of nitrogens with zero attached hydrogens (tertiary/aromatic N) is 1. The highest BCUT2D eigenvalue weighted by Gasteiger charge is 2.28. The van der Waals surface area contributed by atoms with Crippen molar-refractivity contribution in [3.8, 4) is 0 Å². The summed E-state index contributed by atoms with van der Waals surface area (Å²) in [5.41, 5.74) is 11.4. The van der Waals surface area contributed by atoms with Crippen LogP contribution in [0.3, 0.4) is 0 Å². The first kappa shape index (κ1) is 25.5. The predicted octanol–water partition coefficient (Wildman–Crippen LogP) is -3.90. The van der Waals surface area contributed by atoms with Gasteiger partial charge in [0.25, 0.3) is 0 Å². The van der Waals surface area contributed by atoms with E-state index in [0.717, 1.165) is 0 Å². The van der Waals surface area contributed by atoms with Crippen molar-refractivity contribution < 1.29 is 34.2 Å². The van der Waals surface area contributed by atoms with E-state index >= 15 is 0 Å². The Morgan fingerprint density at radius 1 is 1.10 bits per heavy atom. The summed E-state index contributed by atoms with van der Waals surface area (Å²) < 4.78 is 0. The van der Waals surface area contributed by atoms with Crippen molar-refractivity contribution in [2.24, 2.45) is 11.5 Å². The van der Waals surface area contributed by atoms with E-state index in [1.807, 2.05) is 0 Å². The SMILES string of the molecule is CC(NC(=O)C(N)Cc1cnc[nH]1)C(=O)NC(CO)C(=O)NC(CCC(N)=O)C(=O)O. The van der Waals surface area contributed by atoms with Gasteiger partial charge in [-0.2, -0.15) is 0 Å². The molecule has 0 saturated carbocycles. The molecule has 0 aliphatic heterocycles. The number of aliphatic hydroxyl groups is 1. The fourth-order valence-corrected chi connectivity index (χ4v) is 2.42. The highest BCUT2D eigenvalue weighted by atomic mass is 16.4. The second-order valence-electron chi connectivity index (χ2n) is 6.77. The summed E-state index contributed by atoms with van der Waals surface area (Å²) >= 11 is 0. The molecule has 4 amide bonds. The van der Waals surface area contributed by atoms with Gasteiger partial charge >= 0.3 is 5.97 Å². The Balaban J connectivity index is 2.60. The van der Waals surface area contributed by atoms with Crippen LogP contribution in [0.15, 0.2) is 12.5 Å². The van der Waals surface area contributed by atoms with Crippen LogP contribution in [-0.2, 0) is 30.4 Å². The Morgan fingerprint density at radius 2 is 1.74 bits per heavy atom. The van der Waals surface area contributed by atoms with Crippen LogP contribution in [0.2, 0.25) is 0 Å². The molecule has 0 bridgehead atoms. The number of aliphatic carboxylic acids is 1. The minimum atomic E-state index is -1.49. The first-order valence-corrected chi connectivity index (χ1v) is 9.31. The van der Waals surface area contributed by atoms with Crippen LogP contribution < -0.4 is 27.4 Å². The largest absolute Gasteiger partial charge is 0.480 e. The zero-order valence-corrected chi connectivity index (χ0v) is 16.8. The van der Waals surface area contributed by atoms with Crippen molar-refractivity contribution in [3.05, 3.63) is 18.2 Å². The number of rotatable bonds is 13. The zero-order valence-electron chi connectivity index (χ0n) is 16.8. The molecular weight excluding hydrogens is 414 g/mol. The number of nitrogens with two attached hydrogens (primary N) is 2. The van der Waals surface area contributed by atoms with E-state index in [-0.39, 0.29) is 19.3 Å². The minimum Gasteiger partial charge on any atom is -0.480 e. The third kappa shape index (κ3) is 8.79. The number of H-pyrrole nitrogens is 1. The van der Waals surface area contributed by atoms with Gasteiger partial charge in [0.2, 0.25) is 23.6 Å². The molecule has 1 heterocycles. The van der Waals surface area contributed by atoms with Crippen molar-refractivity contribution in [1.29, 1.82) is 0 Å². The molecule has 0 saturated heterocycles. The highest BCUT2D eigenvalue weighted by molar-refractivity contribution is 5.94. The molecule has 14 heteroatoms. The van der Waals surface area contributed by atoms with E-state index in [1.54, 1.807) is 0 Å². The zero-order chi connectivity index (χ0) is 23.6. The Kier molecular flexibility index (Phi) is 10.1. The third-order valence-corrected chi connectivity index (χ3v) is 4.19. The molecule has 14 nitrogen and oxygen atoms in total. The van der Waals surface area contributed by atoms with Gasteiger partial charge in [-0.25, -0.2) is 9.78 Å². The van der Waals surface area contributed by atoms with E-state index in [9.17, 15) is 29.1 Å². The lowest BCUT2D eigenvalue weighted by atomic mass is 10.1. The average molecular weight is 441 g/mol. The molecule has 0 aliphatic rings. The van der Waals surface area contributed by atoms with Gasteiger partial charge in [0.1, 0.15) is 18.1 Å². The van der Waals surface area contributed by atoms with Gasteiger partial charge in [-0.05, 0) is 13.3 Å². The molecule has 0 aromatic carbocycles. The number of carbonyl (C=O) groups excluding carboxylic acids is 4. The summed E-state index contributed by atoms with van der Waals surface area (Å²) in [5.74, 6) is -4.57. The van der Waals surface area contributed by atoms with Gasteiger partial charge in [-0.1, -0.05) is 0 Å². The molecule has 1 aromatic rings. The maximum Gasteiger partial charge on any atom is 0.326 e. The van der Waals surface area contributed by atoms with E-state index in [1.165, 1.54) is 19.4 Å². The van der Waals surface area contributed by atoms with Crippen molar-refractivity contribution >= 4 is 29.6 Å². The molecule has 1 aromatic heterocycles. The van der Waals surface area contributed by atoms with Gasteiger partial charge in [0.05, 0.1) is 19.0 Å². The predicted molar refractivity (Wildman–Crippen MR) is 105 cm³/mol. The molecule has 0 fully saturated rings. The second-order valence-corrected chi connectivity index (χ2v) is 6.77. The molecule has 0 radical (unpaired) electrons. The smallest absolute Gasteiger partial charge is 0.326 e. The molecule has 0 spiro atoms. The van der Waals surface area contributed by atoms with Crippen molar-refractivity contribution in [2.75, 3.05) is 6.61 Å². The number of aliphatic hydroxyl groups excluding tert-OH is 1. The molecule has 1 rings (SSSR count). The Hall–Kier alpha value is -3.52. The first-order valence-electron chi connectivity index (χ1n) is 9.31. The van der Waals surface area contributed by atoms with E-state index in [0.29, 0.717) is 5.69 Å². The quantitative estimate of drug-likeness (QED) is 0.149. The van der Waals surface area contributed by atoms with Gasteiger partial charge in [-0.3, -0.25) is 19.2 Å². The number of hydrogen-bond donors (Lipinski definition) is 8. The fraction of sp³-hybridized carbons (Fsp3) is 0.529. The summed E-state index contributed by atoms with van der Waals surface area (Å²) in [4.78, 5) is 65.3. The van der Waals surface area contributed by atoms with Gasteiger partial charge < -0.3 is 42.6 Å². The third-order valence-electron chi connectivity index (χ3n) is 4.19. The number of primary amides is 1. The number of amides is 4. The van der Waals surface area contributed by atoms with Crippen LogP contribution in [-0.4, -0.2) is 80.6 Å². The van der Waals surface area contributed by atoms with Gasteiger partial charge in [0, 0.05) is 24.7 Å². The molecule has 4 atom stereocenters. The number of imidazole rings is 1. The van der Waals surface area contributed by atoms with Crippen LogP contribution in [0, 0.1) is 0 Å². The van der Waals surface area contributed by atoms with Gasteiger partial charge in [-0.15, -0.1) is 0 Å².